The number of ether oxygens (including phenoxy) is 1. The van der Waals surface area contributed by atoms with Crippen LogP contribution in [0.3, 0.4) is 0 Å². The maximum Gasteiger partial charge on any atom is 0.307 e. The van der Waals surface area contributed by atoms with E-state index >= 15 is 0 Å². The van der Waals surface area contributed by atoms with Crippen LogP contribution < -0.4 is 5.32 Å². The van der Waals surface area contributed by atoms with Crippen molar-refractivity contribution in [3.63, 3.8) is 0 Å². The lowest BCUT2D eigenvalue weighted by atomic mass is 10.1. The fraction of sp³-hybridized carbons (Fsp3) is 0.190. The molecule has 1 N–H and O–H groups in total. The van der Waals surface area contributed by atoms with Crippen LogP contribution in [0.2, 0.25) is 0 Å². The van der Waals surface area contributed by atoms with Crippen molar-refractivity contribution in [2.24, 2.45) is 0 Å². The first-order valence-corrected chi connectivity index (χ1v) is 8.58. The summed E-state index contributed by atoms with van der Waals surface area (Å²) in [7, 11) is 0. The van der Waals surface area contributed by atoms with Gasteiger partial charge in [0.05, 0.1) is 11.9 Å². The molecule has 0 atom stereocenters. The fourth-order valence-corrected chi connectivity index (χ4v) is 2.74. The minimum Gasteiger partial charge on any atom is -0.461 e. The standard InChI is InChI=1S/C21H19FN2O3/c1-14-5-2-3-6-16(14)21(26)24-12-10-19(25)27-13-15-8-9-18(22)17-7-4-11-23-20(15)17/h2-9,11H,10,12-13H2,1H3,(H,24,26). The molecule has 0 fully saturated rings. The van der Waals surface area contributed by atoms with Crippen LogP contribution in [0.25, 0.3) is 10.9 Å². The summed E-state index contributed by atoms with van der Waals surface area (Å²) in [6.07, 6.45) is 1.61. The number of pyridine rings is 1. The van der Waals surface area contributed by atoms with E-state index in [9.17, 15) is 14.0 Å². The highest BCUT2D eigenvalue weighted by Gasteiger charge is 2.11. The zero-order valence-corrected chi connectivity index (χ0v) is 14.9. The molecule has 3 aromatic rings. The van der Waals surface area contributed by atoms with Crippen LogP contribution in [0, 0.1) is 12.7 Å². The first kappa shape index (κ1) is 18.5. The van der Waals surface area contributed by atoms with Crippen molar-refractivity contribution in [2.45, 2.75) is 20.0 Å². The third-order valence-electron chi connectivity index (χ3n) is 4.19. The van der Waals surface area contributed by atoms with Crippen LogP contribution in [0.15, 0.2) is 54.7 Å². The molecule has 3 rings (SSSR count). The van der Waals surface area contributed by atoms with E-state index in [1.807, 2.05) is 19.1 Å². The van der Waals surface area contributed by atoms with Crippen molar-refractivity contribution >= 4 is 22.8 Å². The number of carbonyl (C=O) groups excluding carboxylic acids is 2. The van der Waals surface area contributed by atoms with Gasteiger partial charge in [0.1, 0.15) is 12.4 Å². The highest BCUT2D eigenvalue weighted by molar-refractivity contribution is 5.95. The molecule has 1 heterocycles. The molecule has 0 aliphatic heterocycles. The first-order chi connectivity index (χ1) is 13.1. The number of hydrogen-bond acceptors (Lipinski definition) is 4. The minimum atomic E-state index is -0.450. The summed E-state index contributed by atoms with van der Waals surface area (Å²) < 4.78 is 19.0. The lowest BCUT2D eigenvalue weighted by Crippen LogP contribution is -2.27. The van der Waals surface area contributed by atoms with Crippen LogP contribution in [0.5, 0.6) is 0 Å². The van der Waals surface area contributed by atoms with Gasteiger partial charge in [-0.15, -0.1) is 0 Å². The summed E-state index contributed by atoms with van der Waals surface area (Å²) in [6, 6.07) is 13.4. The van der Waals surface area contributed by atoms with Crippen molar-refractivity contribution in [1.82, 2.24) is 10.3 Å². The molecular weight excluding hydrogens is 347 g/mol. The van der Waals surface area contributed by atoms with Crippen LogP contribution in [-0.4, -0.2) is 23.4 Å². The van der Waals surface area contributed by atoms with E-state index in [0.717, 1.165) is 5.56 Å². The number of rotatable bonds is 6. The maximum absolute atomic E-state index is 13.8. The Kier molecular flexibility index (Phi) is 5.76. The Morgan fingerprint density at radius 2 is 1.93 bits per heavy atom. The molecule has 0 spiro atoms. The number of amides is 1. The molecule has 0 aliphatic rings. The Bertz CT molecular complexity index is 988. The third-order valence-corrected chi connectivity index (χ3v) is 4.19. The first-order valence-electron chi connectivity index (χ1n) is 8.58. The van der Waals surface area contributed by atoms with Crippen molar-refractivity contribution in [1.29, 1.82) is 0 Å². The van der Waals surface area contributed by atoms with E-state index in [1.54, 1.807) is 36.5 Å². The Morgan fingerprint density at radius 3 is 2.74 bits per heavy atom. The molecule has 0 radical (unpaired) electrons. The number of carbonyl (C=O) groups is 2. The summed E-state index contributed by atoms with van der Waals surface area (Å²) in [6.45, 7) is 2.02. The van der Waals surface area contributed by atoms with Gasteiger partial charge in [-0.05, 0) is 36.8 Å². The molecule has 0 unspecified atom stereocenters. The second-order valence-corrected chi connectivity index (χ2v) is 6.09. The summed E-state index contributed by atoms with van der Waals surface area (Å²) in [5, 5.41) is 3.09. The average molecular weight is 366 g/mol. The third kappa shape index (κ3) is 4.47. The zero-order valence-electron chi connectivity index (χ0n) is 14.9. The van der Waals surface area contributed by atoms with Crippen molar-refractivity contribution < 1.29 is 18.7 Å². The van der Waals surface area contributed by atoms with Crippen LogP contribution in [-0.2, 0) is 16.1 Å². The average Bonchev–Trinajstić information content (AvgIpc) is 2.68. The Balaban J connectivity index is 1.51. The topological polar surface area (TPSA) is 68.3 Å². The van der Waals surface area contributed by atoms with Crippen molar-refractivity contribution in [3.05, 3.63) is 77.2 Å². The Labute approximate surface area is 156 Å². The predicted molar refractivity (Wildman–Crippen MR) is 99.6 cm³/mol. The van der Waals surface area contributed by atoms with Gasteiger partial charge in [0.2, 0.25) is 0 Å². The number of aromatic nitrogens is 1. The van der Waals surface area contributed by atoms with Crippen molar-refractivity contribution in [2.75, 3.05) is 6.54 Å². The van der Waals surface area contributed by atoms with E-state index in [4.69, 9.17) is 4.74 Å². The molecule has 138 valence electrons. The number of nitrogens with zero attached hydrogens (tertiary/aromatic N) is 1. The van der Waals surface area contributed by atoms with Gasteiger partial charge in [0, 0.05) is 29.3 Å². The Hall–Kier alpha value is -3.28. The highest BCUT2D eigenvalue weighted by Crippen LogP contribution is 2.20. The minimum absolute atomic E-state index is 0.00162. The Morgan fingerprint density at radius 1 is 1.11 bits per heavy atom. The monoisotopic (exact) mass is 366 g/mol. The van der Waals surface area contributed by atoms with Crippen LogP contribution >= 0.6 is 0 Å². The van der Waals surface area contributed by atoms with Gasteiger partial charge in [-0.1, -0.05) is 24.3 Å². The molecular formula is C21H19FN2O3. The summed E-state index contributed by atoms with van der Waals surface area (Å²) in [5.74, 6) is -1.05. The molecule has 0 aliphatic carbocycles. The summed E-state index contributed by atoms with van der Waals surface area (Å²) in [4.78, 5) is 28.2. The van der Waals surface area contributed by atoms with Gasteiger partial charge in [-0.25, -0.2) is 4.39 Å². The molecule has 2 aromatic carbocycles. The van der Waals surface area contributed by atoms with Crippen molar-refractivity contribution in [3.8, 4) is 0 Å². The van der Waals surface area contributed by atoms with Gasteiger partial charge in [0.25, 0.3) is 5.91 Å². The molecule has 1 aromatic heterocycles. The SMILES string of the molecule is Cc1ccccc1C(=O)NCCC(=O)OCc1ccc(F)c2cccnc12. The van der Waals surface area contributed by atoms with Gasteiger partial charge in [-0.2, -0.15) is 0 Å². The van der Waals surface area contributed by atoms with E-state index in [1.165, 1.54) is 6.07 Å². The van der Waals surface area contributed by atoms with E-state index in [2.05, 4.69) is 10.3 Å². The molecule has 6 heteroatoms. The second-order valence-electron chi connectivity index (χ2n) is 6.09. The van der Waals surface area contributed by atoms with E-state index < -0.39 is 5.97 Å². The van der Waals surface area contributed by atoms with E-state index in [0.29, 0.717) is 22.0 Å². The smallest absolute Gasteiger partial charge is 0.307 e. The second kappa shape index (κ2) is 8.40. The molecule has 0 saturated carbocycles. The predicted octanol–water partition coefficient (Wildman–Crippen LogP) is 3.55. The number of esters is 1. The normalized spacial score (nSPS) is 10.6. The van der Waals surface area contributed by atoms with Gasteiger partial charge >= 0.3 is 5.97 Å². The molecule has 1 amide bonds. The fourth-order valence-electron chi connectivity index (χ4n) is 2.74. The quantitative estimate of drug-likeness (QED) is 0.678. The highest BCUT2D eigenvalue weighted by atomic mass is 19.1. The summed E-state index contributed by atoms with van der Waals surface area (Å²) in [5.41, 5.74) is 2.55. The maximum atomic E-state index is 13.8. The van der Waals surface area contributed by atoms with Gasteiger partial charge in [-0.3, -0.25) is 14.6 Å². The number of benzene rings is 2. The number of aryl methyl sites for hydroxylation is 1. The van der Waals surface area contributed by atoms with Crippen LogP contribution in [0.4, 0.5) is 4.39 Å². The van der Waals surface area contributed by atoms with E-state index in [-0.39, 0.29) is 31.3 Å². The number of hydrogen-bond donors (Lipinski definition) is 1. The van der Waals surface area contributed by atoms with Gasteiger partial charge < -0.3 is 10.1 Å². The number of fused-ring (bicyclic) bond motifs is 1. The molecule has 27 heavy (non-hydrogen) atoms. The molecule has 0 saturated heterocycles. The summed E-state index contributed by atoms with van der Waals surface area (Å²) >= 11 is 0. The van der Waals surface area contributed by atoms with Crippen LogP contribution in [0.1, 0.15) is 27.9 Å². The molecule has 5 nitrogen and oxygen atoms in total. The van der Waals surface area contributed by atoms with Gasteiger partial charge in [0.15, 0.2) is 0 Å². The largest absolute Gasteiger partial charge is 0.461 e. The zero-order chi connectivity index (χ0) is 19.2. The lowest BCUT2D eigenvalue weighted by molar-refractivity contribution is -0.144. The lowest BCUT2D eigenvalue weighted by Gasteiger charge is -2.09. The number of nitrogens with one attached hydrogen (secondary N) is 1. The molecule has 0 bridgehead atoms. The number of halogens is 1.